The lowest BCUT2D eigenvalue weighted by atomic mass is 9.94. The molecular weight excluding hydrogens is 267 g/mol. The van der Waals surface area contributed by atoms with Crippen LogP contribution in [0.2, 0.25) is 0 Å². The van der Waals surface area contributed by atoms with Crippen LogP contribution in [0.4, 0.5) is 27.6 Å². The molecule has 0 spiro atoms. The number of rotatable bonds is 5. The number of hydrogen-bond acceptors (Lipinski definition) is 2. The molecule has 108 valence electrons. The summed E-state index contributed by atoms with van der Waals surface area (Å²) in [6.45, 7) is 3.53. The van der Waals surface area contributed by atoms with E-state index in [0.717, 1.165) is 0 Å². The van der Waals surface area contributed by atoms with Crippen molar-refractivity contribution in [3.63, 3.8) is 0 Å². The summed E-state index contributed by atoms with van der Waals surface area (Å²) in [5.41, 5.74) is 3.49. The molecule has 2 nitrogen and oxygen atoms in total. The smallest absolute Gasteiger partial charge is 0.200 e. The molecule has 1 aromatic rings. The summed E-state index contributed by atoms with van der Waals surface area (Å²) in [5, 5.41) is 2.37. The van der Waals surface area contributed by atoms with Gasteiger partial charge in [0.25, 0.3) is 0 Å². The van der Waals surface area contributed by atoms with Crippen molar-refractivity contribution >= 4 is 5.69 Å². The fourth-order valence-corrected chi connectivity index (χ4v) is 1.66. The van der Waals surface area contributed by atoms with E-state index in [1.807, 2.05) is 0 Å². The van der Waals surface area contributed by atoms with E-state index in [0.29, 0.717) is 12.8 Å². The van der Waals surface area contributed by atoms with E-state index in [1.165, 1.54) is 0 Å². The summed E-state index contributed by atoms with van der Waals surface area (Å²) in [6, 6.07) is 0. The van der Waals surface area contributed by atoms with E-state index in [2.05, 4.69) is 5.32 Å². The van der Waals surface area contributed by atoms with Gasteiger partial charge >= 0.3 is 0 Å². The summed E-state index contributed by atoms with van der Waals surface area (Å²) in [6.07, 6.45) is 0.729. The molecule has 1 unspecified atom stereocenters. The second-order valence-corrected chi connectivity index (χ2v) is 4.52. The lowest BCUT2D eigenvalue weighted by molar-refractivity contribution is 0.375. The van der Waals surface area contributed by atoms with Crippen molar-refractivity contribution in [1.29, 1.82) is 0 Å². The number of nitrogens with two attached hydrogens (primary N) is 1. The zero-order valence-corrected chi connectivity index (χ0v) is 10.6. The third-order valence-electron chi connectivity index (χ3n) is 3.11. The van der Waals surface area contributed by atoms with Crippen molar-refractivity contribution in [2.24, 2.45) is 5.73 Å². The highest BCUT2D eigenvalue weighted by molar-refractivity contribution is 5.49. The van der Waals surface area contributed by atoms with Crippen molar-refractivity contribution in [2.45, 2.75) is 32.2 Å². The molecule has 0 aliphatic carbocycles. The van der Waals surface area contributed by atoms with E-state index in [4.69, 9.17) is 5.73 Å². The Morgan fingerprint density at radius 3 is 1.74 bits per heavy atom. The topological polar surface area (TPSA) is 38.0 Å². The van der Waals surface area contributed by atoms with Gasteiger partial charge in [0, 0.05) is 5.54 Å². The number of halogens is 5. The van der Waals surface area contributed by atoms with Crippen LogP contribution in [0.15, 0.2) is 0 Å². The van der Waals surface area contributed by atoms with Crippen molar-refractivity contribution in [3.8, 4) is 0 Å². The molecule has 0 saturated carbocycles. The molecule has 0 amide bonds. The Labute approximate surface area is 107 Å². The first-order valence-electron chi connectivity index (χ1n) is 5.77. The van der Waals surface area contributed by atoms with Crippen LogP contribution >= 0.6 is 0 Å². The summed E-state index contributed by atoms with van der Waals surface area (Å²) in [4.78, 5) is 0. The van der Waals surface area contributed by atoms with Gasteiger partial charge in [-0.05, 0) is 26.3 Å². The molecule has 0 aliphatic rings. The van der Waals surface area contributed by atoms with Gasteiger partial charge < -0.3 is 11.1 Å². The van der Waals surface area contributed by atoms with Crippen LogP contribution in [-0.4, -0.2) is 12.1 Å². The Kier molecular flexibility index (Phi) is 4.73. The maximum atomic E-state index is 13.5. The van der Waals surface area contributed by atoms with Crippen LogP contribution in [0.25, 0.3) is 0 Å². The lowest BCUT2D eigenvalue weighted by Gasteiger charge is -2.31. The molecule has 0 heterocycles. The van der Waals surface area contributed by atoms with Gasteiger partial charge in [0.2, 0.25) is 5.82 Å². The Morgan fingerprint density at radius 2 is 1.37 bits per heavy atom. The number of nitrogens with one attached hydrogen (secondary N) is 1. The van der Waals surface area contributed by atoms with Crippen molar-refractivity contribution < 1.29 is 22.0 Å². The molecule has 3 N–H and O–H groups in total. The second kappa shape index (κ2) is 5.73. The molecule has 0 fully saturated rings. The summed E-state index contributed by atoms with van der Waals surface area (Å²) >= 11 is 0. The Balaban J connectivity index is 3.28. The van der Waals surface area contributed by atoms with E-state index in [9.17, 15) is 22.0 Å². The minimum atomic E-state index is -2.17. The van der Waals surface area contributed by atoms with Gasteiger partial charge in [0.1, 0.15) is 5.69 Å². The standard InChI is InChI=1S/C12H15F5N2/c1-3-12(2,4-5-18)19-11-9(16)7(14)6(13)8(15)10(11)17/h19H,3-5,18H2,1-2H3. The normalized spacial score (nSPS) is 14.3. The first kappa shape index (κ1) is 15.7. The molecule has 19 heavy (non-hydrogen) atoms. The third-order valence-corrected chi connectivity index (χ3v) is 3.11. The van der Waals surface area contributed by atoms with E-state index >= 15 is 0 Å². The summed E-state index contributed by atoms with van der Waals surface area (Å²) in [7, 11) is 0. The predicted molar refractivity (Wildman–Crippen MR) is 62.2 cm³/mol. The van der Waals surface area contributed by atoms with Gasteiger partial charge in [0.15, 0.2) is 23.3 Å². The summed E-state index contributed by atoms with van der Waals surface area (Å²) in [5.74, 6) is -9.83. The van der Waals surface area contributed by atoms with E-state index in [1.54, 1.807) is 13.8 Å². The fourth-order valence-electron chi connectivity index (χ4n) is 1.66. The van der Waals surface area contributed by atoms with Gasteiger partial charge in [-0.15, -0.1) is 0 Å². The second-order valence-electron chi connectivity index (χ2n) is 4.52. The largest absolute Gasteiger partial charge is 0.375 e. The average molecular weight is 282 g/mol. The Bertz CT molecular complexity index is 449. The highest BCUT2D eigenvalue weighted by Gasteiger charge is 2.30. The van der Waals surface area contributed by atoms with Crippen molar-refractivity contribution in [2.75, 3.05) is 11.9 Å². The molecule has 0 bridgehead atoms. The van der Waals surface area contributed by atoms with Crippen LogP contribution in [0.3, 0.4) is 0 Å². The number of hydrogen-bond donors (Lipinski definition) is 2. The SMILES string of the molecule is CCC(C)(CCN)Nc1c(F)c(F)c(F)c(F)c1F. The molecule has 0 saturated heterocycles. The number of benzene rings is 1. The highest BCUT2D eigenvalue weighted by atomic mass is 19.2. The van der Waals surface area contributed by atoms with Crippen LogP contribution < -0.4 is 11.1 Å². The van der Waals surface area contributed by atoms with Crippen molar-refractivity contribution in [1.82, 2.24) is 0 Å². The first-order chi connectivity index (χ1) is 8.77. The molecule has 0 radical (unpaired) electrons. The molecule has 0 aliphatic heterocycles. The average Bonchev–Trinajstić information content (AvgIpc) is 2.39. The molecule has 1 rings (SSSR count). The quantitative estimate of drug-likeness (QED) is 0.494. The molecular formula is C12H15F5N2. The molecule has 1 aromatic carbocycles. The number of anilines is 1. The van der Waals surface area contributed by atoms with Gasteiger partial charge in [-0.1, -0.05) is 6.92 Å². The monoisotopic (exact) mass is 282 g/mol. The minimum Gasteiger partial charge on any atom is -0.375 e. The van der Waals surface area contributed by atoms with E-state index < -0.39 is 40.3 Å². The van der Waals surface area contributed by atoms with Crippen LogP contribution in [0.1, 0.15) is 26.7 Å². The van der Waals surface area contributed by atoms with E-state index in [-0.39, 0.29) is 6.54 Å². The third kappa shape index (κ3) is 2.97. The lowest BCUT2D eigenvalue weighted by Crippen LogP contribution is -2.37. The predicted octanol–water partition coefficient (Wildman–Crippen LogP) is 3.31. The van der Waals surface area contributed by atoms with Crippen LogP contribution in [-0.2, 0) is 0 Å². The molecule has 1 atom stereocenters. The van der Waals surface area contributed by atoms with Gasteiger partial charge in [-0.25, -0.2) is 22.0 Å². The first-order valence-corrected chi connectivity index (χ1v) is 5.77. The highest BCUT2D eigenvalue weighted by Crippen LogP contribution is 2.31. The molecule has 7 heteroatoms. The Hall–Kier alpha value is -1.37. The Morgan fingerprint density at radius 1 is 0.947 bits per heavy atom. The van der Waals surface area contributed by atoms with Gasteiger partial charge in [-0.2, -0.15) is 0 Å². The van der Waals surface area contributed by atoms with Crippen LogP contribution in [0.5, 0.6) is 0 Å². The van der Waals surface area contributed by atoms with Gasteiger partial charge in [-0.3, -0.25) is 0 Å². The maximum absolute atomic E-state index is 13.5. The fraction of sp³-hybridized carbons (Fsp3) is 0.500. The van der Waals surface area contributed by atoms with Gasteiger partial charge in [0.05, 0.1) is 0 Å². The summed E-state index contributed by atoms with van der Waals surface area (Å²) < 4.78 is 66.0. The molecule has 0 aromatic heterocycles. The maximum Gasteiger partial charge on any atom is 0.200 e. The zero-order chi connectivity index (χ0) is 14.8. The van der Waals surface area contributed by atoms with Crippen molar-refractivity contribution in [3.05, 3.63) is 29.1 Å². The minimum absolute atomic E-state index is 0.215. The zero-order valence-electron chi connectivity index (χ0n) is 10.6. The van der Waals surface area contributed by atoms with Crippen LogP contribution in [0, 0.1) is 29.1 Å².